The number of nitrogens with one attached hydrogen (secondary N) is 1. The van der Waals surface area contributed by atoms with Crippen molar-refractivity contribution in [3.05, 3.63) is 29.3 Å². The van der Waals surface area contributed by atoms with Crippen LogP contribution in [0.1, 0.15) is 30.4 Å². The van der Waals surface area contributed by atoms with Crippen molar-refractivity contribution >= 4 is 5.91 Å². The molecule has 0 radical (unpaired) electrons. The number of aliphatic hydroxyl groups is 1. The Hall–Kier alpha value is -1.55. The van der Waals surface area contributed by atoms with E-state index in [4.69, 9.17) is 9.84 Å². The van der Waals surface area contributed by atoms with Gasteiger partial charge in [0.25, 0.3) is 5.91 Å². The first-order valence-corrected chi connectivity index (χ1v) is 6.71. The van der Waals surface area contributed by atoms with E-state index in [1.165, 1.54) is 0 Å². The van der Waals surface area contributed by atoms with Gasteiger partial charge in [0.1, 0.15) is 5.75 Å². The van der Waals surface area contributed by atoms with Crippen molar-refractivity contribution in [1.82, 2.24) is 5.32 Å². The van der Waals surface area contributed by atoms with Crippen LogP contribution in [-0.2, 0) is 4.79 Å². The van der Waals surface area contributed by atoms with E-state index >= 15 is 0 Å². The van der Waals surface area contributed by atoms with E-state index in [1.807, 2.05) is 32.0 Å². The standard InChI is InChI=1S/C15H23NO3/c1-12-7-6-8-14(13(12)2)19-11-15(18)16-9-4-3-5-10-17/h6-8,17H,3-5,9-11H2,1-2H3,(H,16,18). The smallest absolute Gasteiger partial charge is 0.257 e. The summed E-state index contributed by atoms with van der Waals surface area (Å²) in [5.41, 5.74) is 2.22. The Balaban J connectivity index is 2.24. The Bertz CT molecular complexity index is 404. The van der Waals surface area contributed by atoms with E-state index in [-0.39, 0.29) is 19.1 Å². The first kappa shape index (κ1) is 15.5. The molecule has 0 atom stereocenters. The lowest BCUT2D eigenvalue weighted by molar-refractivity contribution is -0.123. The fourth-order valence-electron chi connectivity index (χ4n) is 1.72. The van der Waals surface area contributed by atoms with E-state index in [0.29, 0.717) is 6.54 Å². The molecule has 19 heavy (non-hydrogen) atoms. The van der Waals surface area contributed by atoms with Crippen molar-refractivity contribution in [2.24, 2.45) is 0 Å². The zero-order valence-electron chi connectivity index (χ0n) is 11.7. The number of aryl methyl sites for hydroxylation is 1. The molecule has 1 rings (SSSR count). The van der Waals surface area contributed by atoms with Crippen molar-refractivity contribution in [2.45, 2.75) is 33.1 Å². The molecule has 0 aliphatic heterocycles. The minimum atomic E-state index is -0.107. The summed E-state index contributed by atoms with van der Waals surface area (Å²) >= 11 is 0. The summed E-state index contributed by atoms with van der Waals surface area (Å²) in [6.07, 6.45) is 2.60. The molecule has 0 unspecified atom stereocenters. The van der Waals surface area contributed by atoms with Crippen LogP contribution in [0.15, 0.2) is 18.2 Å². The van der Waals surface area contributed by atoms with Gasteiger partial charge in [-0.25, -0.2) is 0 Å². The second-order valence-electron chi connectivity index (χ2n) is 4.62. The third-order valence-corrected chi connectivity index (χ3v) is 3.07. The van der Waals surface area contributed by atoms with Crippen LogP contribution in [-0.4, -0.2) is 30.8 Å². The van der Waals surface area contributed by atoms with Crippen LogP contribution in [0.4, 0.5) is 0 Å². The van der Waals surface area contributed by atoms with Crippen molar-refractivity contribution in [3.8, 4) is 5.75 Å². The lowest BCUT2D eigenvalue weighted by Gasteiger charge is -2.11. The van der Waals surface area contributed by atoms with Crippen LogP contribution >= 0.6 is 0 Å². The Kier molecular flexibility index (Phi) is 6.97. The summed E-state index contributed by atoms with van der Waals surface area (Å²) in [5, 5.41) is 11.4. The molecule has 0 saturated carbocycles. The molecule has 1 aromatic rings. The first-order chi connectivity index (χ1) is 9.15. The Morgan fingerprint density at radius 1 is 1.26 bits per heavy atom. The van der Waals surface area contributed by atoms with Gasteiger partial charge < -0.3 is 15.2 Å². The number of carbonyl (C=O) groups is 1. The average Bonchev–Trinajstić information content (AvgIpc) is 2.40. The van der Waals surface area contributed by atoms with Crippen molar-refractivity contribution in [2.75, 3.05) is 19.8 Å². The first-order valence-electron chi connectivity index (χ1n) is 6.71. The minimum Gasteiger partial charge on any atom is -0.483 e. The quantitative estimate of drug-likeness (QED) is 0.706. The third kappa shape index (κ3) is 5.75. The summed E-state index contributed by atoms with van der Waals surface area (Å²) in [4.78, 5) is 11.6. The highest BCUT2D eigenvalue weighted by atomic mass is 16.5. The van der Waals surface area contributed by atoms with Gasteiger partial charge in [0.2, 0.25) is 0 Å². The second-order valence-corrected chi connectivity index (χ2v) is 4.62. The average molecular weight is 265 g/mol. The minimum absolute atomic E-state index is 0.0459. The largest absolute Gasteiger partial charge is 0.483 e. The van der Waals surface area contributed by atoms with Crippen molar-refractivity contribution in [1.29, 1.82) is 0 Å². The molecular weight excluding hydrogens is 242 g/mol. The normalized spacial score (nSPS) is 10.3. The number of benzene rings is 1. The van der Waals surface area contributed by atoms with Gasteiger partial charge in [-0.3, -0.25) is 4.79 Å². The molecule has 0 aliphatic rings. The Labute approximate surface area is 114 Å². The number of unbranched alkanes of at least 4 members (excludes halogenated alkanes) is 2. The van der Waals surface area contributed by atoms with E-state index < -0.39 is 0 Å². The van der Waals surface area contributed by atoms with Crippen LogP contribution < -0.4 is 10.1 Å². The van der Waals surface area contributed by atoms with Gasteiger partial charge in [0, 0.05) is 13.2 Å². The fraction of sp³-hybridized carbons (Fsp3) is 0.533. The molecule has 0 spiro atoms. The van der Waals surface area contributed by atoms with Gasteiger partial charge >= 0.3 is 0 Å². The molecule has 0 aliphatic carbocycles. The summed E-state index contributed by atoms with van der Waals surface area (Å²) in [5.74, 6) is 0.653. The van der Waals surface area contributed by atoms with E-state index in [0.717, 1.165) is 36.1 Å². The Morgan fingerprint density at radius 2 is 2.05 bits per heavy atom. The lowest BCUT2D eigenvalue weighted by Crippen LogP contribution is -2.29. The maximum atomic E-state index is 11.6. The molecule has 4 nitrogen and oxygen atoms in total. The highest BCUT2D eigenvalue weighted by molar-refractivity contribution is 5.77. The van der Waals surface area contributed by atoms with Crippen LogP contribution in [0.5, 0.6) is 5.75 Å². The van der Waals surface area contributed by atoms with Crippen LogP contribution in [0.25, 0.3) is 0 Å². The second kappa shape index (κ2) is 8.53. The third-order valence-electron chi connectivity index (χ3n) is 3.07. The van der Waals surface area contributed by atoms with Gasteiger partial charge in [-0.15, -0.1) is 0 Å². The maximum Gasteiger partial charge on any atom is 0.257 e. The summed E-state index contributed by atoms with van der Waals surface area (Å²) in [7, 11) is 0. The zero-order chi connectivity index (χ0) is 14.1. The summed E-state index contributed by atoms with van der Waals surface area (Å²) < 4.78 is 5.51. The molecule has 4 heteroatoms. The molecule has 0 fully saturated rings. The number of amides is 1. The number of rotatable bonds is 8. The van der Waals surface area contributed by atoms with Crippen LogP contribution in [0.2, 0.25) is 0 Å². The molecule has 0 saturated heterocycles. The zero-order valence-corrected chi connectivity index (χ0v) is 11.7. The van der Waals surface area contributed by atoms with Gasteiger partial charge in [0.15, 0.2) is 6.61 Å². The number of hydrogen-bond acceptors (Lipinski definition) is 3. The monoisotopic (exact) mass is 265 g/mol. The van der Waals surface area contributed by atoms with Gasteiger partial charge in [-0.05, 0) is 50.3 Å². The van der Waals surface area contributed by atoms with E-state index in [2.05, 4.69) is 5.32 Å². The van der Waals surface area contributed by atoms with Crippen molar-refractivity contribution < 1.29 is 14.6 Å². The SMILES string of the molecule is Cc1cccc(OCC(=O)NCCCCCO)c1C. The number of ether oxygens (including phenoxy) is 1. The highest BCUT2D eigenvalue weighted by Crippen LogP contribution is 2.20. The lowest BCUT2D eigenvalue weighted by atomic mass is 10.1. The van der Waals surface area contributed by atoms with Crippen molar-refractivity contribution in [3.63, 3.8) is 0 Å². The van der Waals surface area contributed by atoms with E-state index in [1.54, 1.807) is 0 Å². The fourth-order valence-corrected chi connectivity index (χ4v) is 1.72. The van der Waals surface area contributed by atoms with E-state index in [9.17, 15) is 4.79 Å². The number of hydrogen-bond donors (Lipinski definition) is 2. The summed E-state index contributed by atoms with van der Waals surface area (Å²) in [6.45, 7) is 4.89. The van der Waals surface area contributed by atoms with Crippen LogP contribution in [0, 0.1) is 13.8 Å². The molecule has 0 bridgehead atoms. The molecule has 2 N–H and O–H groups in total. The highest BCUT2D eigenvalue weighted by Gasteiger charge is 2.05. The van der Waals surface area contributed by atoms with Gasteiger partial charge in [0.05, 0.1) is 0 Å². The molecule has 0 heterocycles. The Morgan fingerprint density at radius 3 is 2.79 bits per heavy atom. The summed E-state index contributed by atoms with van der Waals surface area (Å²) in [6, 6.07) is 5.81. The molecule has 106 valence electrons. The molecule has 0 aromatic heterocycles. The van der Waals surface area contributed by atoms with Crippen LogP contribution in [0.3, 0.4) is 0 Å². The topological polar surface area (TPSA) is 58.6 Å². The maximum absolute atomic E-state index is 11.6. The van der Waals surface area contributed by atoms with Gasteiger partial charge in [-0.2, -0.15) is 0 Å². The molecule has 1 aromatic carbocycles. The molecule has 1 amide bonds. The number of aliphatic hydroxyl groups excluding tert-OH is 1. The predicted octanol–water partition coefficient (Wildman–Crippen LogP) is 1.96. The molecular formula is C15H23NO3. The number of carbonyl (C=O) groups excluding carboxylic acids is 1. The predicted molar refractivity (Wildman–Crippen MR) is 75.4 cm³/mol. The van der Waals surface area contributed by atoms with Gasteiger partial charge in [-0.1, -0.05) is 12.1 Å².